The molecule has 1 unspecified atom stereocenters. The average Bonchev–Trinajstić information content (AvgIpc) is 2.63. The molecule has 2 aromatic carbocycles. The Morgan fingerprint density at radius 1 is 1.24 bits per heavy atom. The van der Waals surface area contributed by atoms with Gasteiger partial charge in [-0.3, -0.25) is 9.59 Å². The molecule has 0 bridgehead atoms. The van der Waals surface area contributed by atoms with Gasteiger partial charge in [0.05, 0.1) is 11.9 Å². The van der Waals surface area contributed by atoms with Crippen LogP contribution in [-0.2, 0) is 6.54 Å². The van der Waals surface area contributed by atoms with Crippen molar-refractivity contribution in [1.82, 2.24) is 15.0 Å². The van der Waals surface area contributed by atoms with E-state index in [4.69, 9.17) is 4.74 Å². The van der Waals surface area contributed by atoms with E-state index in [1.807, 2.05) is 0 Å². The number of aromatic nitrogens is 3. The quantitative estimate of drug-likeness (QED) is 0.683. The molecule has 0 spiro atoms. The standard InChI is InChI=1S/C18H17N3O4/c1-12(22)13-5-4-6-15(9-13)25-11-14(23)10-21-18(24)16-7-2-3-8-17(16)19-20-21/h2-9,14,23H,10-11H2,1H3. The van der Waals surface area contributed by atoms with Crippen LogP contribution >= 0.6 is 0 Å². The second-order valence-corrected chi connectivity index (χ2v) is 5.64. The van der Waals surface area contributed by atoms with E-state index in [9.17, 15) is 14.7 Å². The predicted octanol–water partition coefficient (Wildman–Crippen LogP) is 1.43. The fourth-order valence-electron chi connectivity index (χ4n) is 2.39. The molecule has 128 valence electrons. The Hall–Kier alpha value is -3.06. The van der Waals surface area contributed by atoms with Crippen molar-refractivity contribution >= 4 is 16.7 Å². The first-order valence-corrected chi connectivity index (χ1v) is 7.79. The maximum absolute atomic E-state index is 12.3. The molecule has 0 aliphatic heterocycles. The number of benzene rings is 2. The van der Waals surface area contributed by atoms with Crippen molar-refractivity contribution < 1.29 is 14.6 Å². The molecule has 0 fully saturated rings. The number of carbonyl (C=O) groups excluding carboxylic acids is 1. The highest BCUT2D eigenvalue weighted by atomic mass is 16.5. The monoisotopic (exact) mass is 339 g/mol. The molecule has 25 heavy (non-hydrogen) atoms. The summed E-state index contributed by atoms with van der Waals surface area (Å²) in [5, 5.41) is 18.4. The Labute approximate surface area is 143 Å². The van der Waals surface area contributed by atoms with Crippen molar-refractivity contribution in [3.63, 3.8) is 0 Å². The Morgan fingerprint density at radius 3 is 2.84 bits per heavy atom. The van der Waals surface area contributed by atoms with Crippen LogP contribution in [0.1, 0.15) is 17.3 Å². The topological polar surface area (TPSA) is 94.3 Å². The first kappa shape index (κ1) is 16.8. The van der Waals surface area contributed by atoms with Crippen molar-refractivity contribution in [1.29, 1.82) is 0 Å². The van der Waals surface area contributed by atoms with Crippen molar-refractivity contribution in [3.05, 3.63) is 64.4 Å². The van der Waals surface area contributed by atoms with Gasteiger partial charge < -0.3 is 9.84 Å². The molecule has 0 amide bonds. The third kappa shape index (κ3) is 3.89. The molecule has 3 aromatic rings. The molecule has 0 saturated carbocycles. The van der Waals surface area contributed by atoms with Crippen LogP contribution in [0, 0.1) is 0 Å². The van der Waals surface area contributed by atoms with Gasteiger partial charge in [-0.05, 0) is 31.2 Å². The first-order valence-electron chi connectivity index (χ1n) is 7.79. The molecule has 7 heteroatoms. The lowest BCUT2D eigenvalue weighted by atomic mass is 10.1. The maximum Gasteiger partial charge on any atom is 0.277 e. The molecule has 0 aliphatic carbocycles. The number of aliphatic hydroxyl groups is 1. The maximum atomic E-state index is 12.3. The van der Waals surface area contributed by atoms with E-state index in [1.165, 1.54) is 6.92 Å². The number of aliphatic hydroxyl groups excluding tert-OH is 1. The highest BCUT2D eigenvalue weighted by Crippen LogP contribution is 2.14. The van der Waals surface area contributed by atoms with E-state index in [0.29, 0.717) is 22.2 Å². The van der Waals surface area contributed by atoms with Gasteiger partial charge in [0.25, 0.3) is 5.56 Å². The summed E-state index contributed by atoms with van der Waals surface area (Å²) in [5.74, 6) is 0.410. The number of hydrogen-bond acceptors (Lipinski definition) is 6. The average molecular weight is 339 g/mol. The minimum absolute atomic E-state index is 0.0386. The molecule has 1 atom stereocenters. The molecular formula is C18H17N3O4. The van der Waals surface area contributed by atoms with E-state index >= 15 is 0 Å². The van der Waals surface area contributed by atoms with E-state index in [2.05, 4.69) is 10.3 Å². The van der Waals surface area contributed by atoms with Crippen LogP contribution in [0.3, 0.4) is 0 Å². The summed E-state index contributed by atoms with van der Waals surface area (Å²) in [6, 6.07) is 13.6. The lowest BCUT2D eigenvalue weighted by molar-refractivity contribution is 0.0872. The SMILES string of the molecule is CC(=O)c1cccc(OCC(O)Cn2nnc3ccccc3c2=O)c1. The van der Waals surface area contributed by atoms with Crippen LogP contribution in [0.25, 0.3) is 10.9 Å². The number of ether oxygens (including phenoxy) is 1. The second-order valence-electron chi connectivity index (χ2n) is 5.64. The summed E-state index contributed by atoms with van der Waals surface area (Å²) in [6.07, 6.45) is -0.950. The van der Waals surface area contributed by atoms with Gasteiger partial charge in [0.1, 0.15) is 24.0 Å². The molecule has 7 nitrogen and oxygen atoms in total. The Morgan fingerprint density at radius 2 is 2.04 bits per heavy atom. The van der Waals surface area contributed by atoms with Gasteiger partial charge in [-0.25, -0.2) is 4.68 Å². The highest BCUT2D eigenvalue weighted by molar-refractivity contribution is 5.94. The van der Waals surface area contributed by atoms with E-state index in [1.54, 1.807) is 48.5 Å². The lowest BCUT2D eigenvalue weighted by Gasteiger charge is -2.13. The molecule has 0 radical (unpaired) electrons. The van der Waals surface area contributed by atoms with Crippen LogP contribution in [-0.4, -0.2) is 38.6 Å². The third-order valence-corrected chi connectivity index (χ3v) is 3.70. The molecule has 0 aliphatic rings. The van der Waals surface area contributed by atoms with E-state index in [-0.39, 0.29) is 24.5 Å². The molecule has 1 N–H and O–H groups in total. The van der Waals surface area contributed by atoms with Crippen LogP contribution < -0.4 is 10.3 Å². The molecule has 1 heterocycles. The number of hydrogen-bond donors (Lipinski definition) is 1. The number of Topliss-reactive ketones (excluding diaryl/α,β-unsaturated/α-hetero) is 1. The zero-order valence-corrected chi connectivity index (χ0v) is 13.6. The third-order valence-electron chi connectivity index (χ3n) is 3.70. The van der Waals surface area contributed by atoms with Gasteiger partial charge in [-0.15, -0.1) is 5.10 Å². The summed E-state index contributed by atoms with van der Waals surface area (Å²) >= 11 is 0. The fourth-order valence-corrected chi connectivity index (χ4v) is 2.39. The minimum atomic E-state index is -0.950. The molecule has 3 rings (SSSR count). The smallest absolute Gasteiger partial charge is 0.277 e. The molecular weight excluding hydrogens is 322 g/mol. The fraction of sp³-hybridized carbons (Fsp3) is 0.222. The van der Waals surface area contributed by atoms with Gasteiger partial charge in [0, 0.05) is 5.56 Å². The van der Waals surface area contributed by atoms with Crippen molar-refractivity contribution in [3.8, 4) is 5.75 Å². The van der Waals surface area contributed by atoms with Crippen molar-refractivity contribution in [2.75, 3.05) is 6.61 Å². The highest BCUT2D eigenvalue weighted by Gasteiger charge is 2.11. The lowest BCUT2D eigenvalue weighted by Crippen LogP contribution is -2.32. The molecule has 1 aromatic heterocycles. The number of nitrogens with zero attached hydrogens (tertiary/aromatic N) is 3. The number of fused-ring (bicyclic) bond motifs is 1. The predicted molar refractivity (Wildman–Crippen MR) is 91.7 cm³/mol. The van der Waals surface area contributed by atoms with E-state index < -0.39 is 6.10 Å². The summed E-state index contributed by atoms with van der Waals surface area (Å²) < 4.78 is 6.61. The van der Waals surface area contributed by atoms with Gasteiger partial charge in [0.15, 0.2) is 5.78 Å². The Bertz CT molecular complexity index is 968. The second kappa shape index (κ2) is 7.23. The van der Waals surface area contributed by atoms with Gasteiger partial charge in [0.2, 0.25) is 0 Å². The van der Waals surface area contributed by atoms with Gasteiger partial charge in [-0.1, -0.05) is 29.5 Å². The van der Waals surface area contributed by atoms with Crippen LogP contribution in [0.15, 0.2) is 53.3 Å². The molecule has 0 saturated heterocycles. The van der Waals surface area contributed by atoms with Gasteiger partial charge in [-0.2, -0.15) is 0 Å². The van der Waals surface area contributed by atoms with Crippen LogP contribution in [0.2, 0.25) is 0 Å². The van der Waals surface area contributed by atoms with Crippen molar-refractivity contribution in [2.24, 2.45) is 0 Å². The Balaban J connectivity index is 1.68. The minimum Gasteiger partial charge on any atom is -0.491 e. The summed E-state index contributed by atoms with van der Waals surface area (Å²) in [6.45, 7) is 1.39. The van der Waals surface area contributed by atoms with Gasteiger partial charge >= 0.3 is 0 Å². The van der Waals surface area contributed by atoms with Crippen LogP contribution in [0.4, 0.5) is 0 Å². The number of rotatable bonds is 6. The normalized spacial score (nSPS) is 12.1. The first-order chi connectivity index (χ1) is 12.0. The van der Waals surface area contributed by atoms with Crippen molar-refractivity contribution in [2.45, 2.75) is 19.6 Å². The summed E-state index contributed by atoms with van der Waals surface area (Å²) in [5.41, 5.74) is 0.724. The number of carbonyl (C=O) groups is 1. The Kier molecular flexibility index (Phi) is 4.85. The van der Waals surface area contributed by atoms with E-state index in [0.717, 1.165) is 4.68 Å². The summed E-state index contributed by atoms with van der Waals surface area (Å²) in [7, 11) is 0. The summed E-state index contributed by atoms with van der Waals surface area (Å²) in [4.78, 5) is 23.7. The largest absolute Gasteiger partial charge is 0.491 e. The van der Waals surface area contributed by atoms with Crippen LogP contribution in [0.5, 0.6) is 5.75 Å². The zero-order chi connectivity index (χ0) is 17.8. The number of ketones is 1. The zero-order valence-electron chi connectivity index (χ0n) is 13.6.